The number of rotatable bonds is 5. The molecule has 1 aromatic rings. The summed E-state index contributed by atoms with van der Waals surface area (Å²) in [6.07, 6.45) is 0.0458. The van der Waals surface area contributed by atoms with Gasteiger partial charge in [0.2, 0.25) is 0 Å². The minimum absolute atomic E-state index is 0.158. The summed E-state index contributed by atoms with van der Waals surface area (Å²) in [5, 5.41) is 12.2. The molecule has 0 bridgehead atoms. The number of aliphatic hydroxyl groups is 1. The van der Waals surface area contributed by atoms with Crippen LogP contribution in [0.4, 0.5) is 4.39 Å². The quantitative estimate of drug-likeness (QED) is 0.877. The Kier molecular flexibility index (Phi) is 5.75. The highest BCUT2D eigenvalue weighted by Crippen LogP contribution is 2.14. The summed E-state index contributed by atoms with van der Waals surface area (Å²) in [5.41, 5.74) is 0.265. The molecule has 0 aliphatic heterocycles. The third kappa shape index (κ3) is 4.74. The first-order chi connectivity index (χ1) is 8.40. The molecular weight excluding hydrogens is 301 g/mol. The van der Waals surface area contributed by atoms with Gasteiger partial charge in [0.25, 0.3) is 5.91 Å². The minimum Gasteiger partial charge on any atom is -0.393 e. The number of nitrogens with one attached hydrogen (secondary N) is 1. The van der Waals surface area contributed by atoms with Crippen LogP contribution in [-0.2, 0) is 0 Å². The zero-order chi connectivity index (χ0) is 13.7. The molecule has 1 rings (SSSR count). The van der Waals surface area contributed by atoms with Crippen molar-refractivity contribution in [2.45, 2.75) is 26.4 Å². The molecule has 0 radical (unpaired) electrons. The number of benzene rings is 1. The van der Waals surface area contributed by atoms with Crippen LogP contribution >= 0.6 is 15.9 Å². The van der Waals surface area contributed by atoms with Gasteiger partial charge >= 0.3 is 0 Å². The summed E-state index contributed by atoms with van der Waals surface area (Å²) in [7, 11) is 0. The summed E-state index contributed by atoms with van der Waals surface area (Å²) in [4.78, 5) is 11.7. The van der Waals surface area contributed by atoms with Gasteiger partial charge in [0.1, 0.15) is 5.82 Å². The number of halogens is 2. The van der Waals surface area contributed by atoms with Crippen molar-refractivity contribution in [3.63, 3.8) is 0 Å². The van der Waals surface area contributed by atoms with E-state index < -0.39 is 11.9 Å². The van der Waals surface area contributed by atoms with Crippen LogP contribution in [0.3, 0.4) is 0 Å². The van der Waals surface area contributed by atoms with Gasteiger partial charge in [-0.2, -0.15) is 0 Å². The molecule has 0 aliphatic rings. The van der Waals surface area contributed by atoms with Crippen molar-refractivity contribution in [1.82, 2.24) is 5.32 Å². The summed E-state index contributed by atoms with van der Waals surface area (Å²) < 4.78 is 13.6. The van der Waals surface area contributed by atoms with Crippen molar-refractivity contribution in [1.29, 1.82) is 0 Å². The van der Waals surface area contributed by atoms with E-state index in [2.05, 4.69) is 21.2 Å². The maximum Gasteiger partial charge on any atom is 0.251 e. The van der Waals surface area contributed by atoms with Crippen molar-refractivity contribution in [2.24, 2.45) is 5.92 Å². The molecule has 100 valence electrons. The van der Waals surface area contributed by atoms with Gasteiger partial charge in [-0.15, -0.1) is 0 Å². The average molecular weight is 318 g/mol. The molecule has 2 N–H and O–H groups in total. The molecule has 18 heavy (non-hydrogen) atoms. The van der Waals surface area contributed by atoms with Gasteiger partial charge in [-0.25, -0.2) is 4.39 Å². The molecule has 1 aromatic carbocycles. The Morgan fingerprint density at radius 1 is 1.44 bits per heavy atom. The van der Waals surface area contributed by atoms with Gasteiger partial charge in [0, 0.05) is 16.6 Å². The topological polar surface area (TPSA) is 49.3 Å². The van der Waals surface area contributed by atoms with Gasteiger partial charge < -0.3 is 10.4 Å². The molecule has 0 spiro atoms. The number of amides is 1. The van der Waals surface area contributed by atoms with E-state index in [-0.39, 0.29) is 17.4 Å². The molecule has 0 saturated carbocycles. The van der Waals surface area contributed by atoms with E-state index >= 15 is 0 Å². The van der Waals surface area contributed by atoms with Crippen LogP contribution < -0.4 is 5.32 Å². The first-order valence-corrected chi connectivity index (χ1v) is 6.62. The lowest BCUT2D eigenvalue weighted by Gasteiger charge is -2.14. The van der Waals surface area contributed by atoms with Crippen LogP contribution in [0.2, 0.25) is 0 Å². The average Bonchev–Trinajstić information content (AvgIpc) is 2.27. The number of hydrogen-bond acceptors (Lipinski definition) is 2. The van der Waals surface area contributed by atoms with Crippen molar-refractivity contribution in [3.05, 3.63) is 34.1 Å². The van der Waals surface area contributed by atoms with E-state index in [0.717, 1.165) is 0 Å². The molecule has 0 saturated heterocycles. The third-order valence-electron chi connectivity index (χ3n) is 2.62. The fourth-order valence-electron chi connectivity index (χ4n) is 1.45. The number of carbonyl (C=O) groups excluding carboxylic acids is 1. The summed E-state index contributed by atoms with van der Waals surface area (Å²) in [6, 6.07) is 4.02. The van der Waals surface area contributed by atoms with Crippen molar-refractivity contribution in [3.8, 4) is 0 Å². The molecule has 0 aliphatic carbocycles. The highest BCUT2D eigenvalue weighted by atomic mass is 79.9. The summed E-state index contributed by atoms with van der Waals surface area (Å²) >= 11 is 3.13. The van der Waals surface area contributed by atoms with E-state index in [4.69, 9.17) is 0 Å². The highest BCUT2D eigenvalue weighted by Gasteiger charge is 2.11. The maximum atomic E-state index is 13.1. The SMILES string of the molecule is CC(C)C(O)CCNC(=O)c1cc(F)cc(Br)c1. The van der Waals surface area contributed by atoms with Crippen LogP contribution in [0.5, 0.6) is 0 Å². The molecule has 1 amide bonds. The van der Waals surface area contributed by atoms with Gasteiger partial charge in [-0.05, 0) is 30.5 Å². The van der Waals surface area contributed by atoms with Gasteiger partial charge in [0.15, 0.2) is 0 Å². The van der Waals surface area contributed by atoms with E-state index in [0.29, 0.717) is 17.4 Å². The zero-order valence-electron chi connectivity index (χ0n) is 10.4. The van der Waals surface area contributed by atoms with Gasteiger partial charge in [-0.1, -0.05) is 29.8 Å². The van der Waals surface area contributed by atoms with E-state index in [1.54, 1.807) is 6.07 Å². The van der Waals surface area contributed by atoms with Crippen LogP contribution in [0.15, 0.2) is 22.7 Å². The molecular formula is C13H17BrFNO2. The lowest BCUT2D eigenvalue weighted by atomic mass is 10.0. The fourth-order valence-corrected chi connectivity index (χ4v) is 1.92. The lowest BCUT2D eigenvalue weighted by molar-refractivity contribution is 0.0919. The Labute approximate surface area is 115 Å². The Bertz CT molecular complexity index is 403. The van der Waals surface area contributed by atoms with Crippen molar-refractivity contribution >= 4 is 21.8 Å². The summed E-state index contributed by atoms with van der Waals surface area (Å²) in [5.74, 6) is -0.645. The molecule has 1 unspecified atom stereocenters. The highest BCUT2D eigenvalue weighted by molar-refractivity contribution is 9.10. The van der Waals surface area contributed by atoms with Gasteiger partial charge in [0.05, 0.1) is 6.10 Å². The largest absolute Gasteiger partial charge is 0.393 e. The maximum absolute atomic E-state index is 13.1. The van der Waals surface area contributed by atoms with Crippen LogP contribution in [0.1, 0.15) is 30.6 Å². The predicted octanol–water partition coefficient (Wildman–Crippen LogP) is 2.73. The number of hydrogen-bond donors (Lipinski definition) is 2. The van der Waals surface area contributed by atoms with E-state index in [1.807, 2.05) is 13.8 Å². The smallest absolute Gasteiger partial charge is 0.251 e. The normalized spacial score (nSPS) is 12.6. The Hall–Kier alpha value is -0.940. The molecule has 0 fully saturated rings. The molecule has 3 nitrogen and oxygen atoms in total. The van der Waals surface area contributed by atoms with Crippen LogP contribution in [0, 0.1) is 11.7 Å². The third-order valence-corrected chi connectivity index (χ3v) is 3.08. The molecule has 5 heteroatoms. The number of carbonyl (C=O) groups is 1. The van der Waals surface area contributed by atoms with E-state index in [9.17, 15) is 14.3 Å². The van der Waals surface area contributed by atoms with Crippen LogP contribution in [0.25, 0.3) is 0 Å². The first kappa shape index (κ1) is 15.1. The van der Waals surface area contributed by atoms with Crippen molar-refractivity contribution < 1.29 is 14.3 Å². The zero-order valence-corrected chi connectivity index (χ0v) is 12.0. The minimum atomic E-state index is -0.461. The van der Waals surface area contributed by atoms with Gasteiger partial charge in [-0.3, -0.25) is 4.79 Å². The second-order valence-electron chi connectivity index (χ2n) is 4.51. The van der Waals surface area contributed by atoms with E-state index in [1.165, 1.54) is 12.1 Å². The lowest BCUT2D eigenvalue weighted by Crippen LogP contribution is -2.28. The molecule has 0 heterocycles. The molecule has 0 aromatic heterocycles. The molecule has 1 atom stereocenters. The Balaban J connectivity index is 2.50. The second kappa shape index (κ2) is 6.85. The Morgan fingerprint density at radius 3 is 2.67 bits per heavy atom. The summed E-state index contributed by atoms with van der Waals surface area (Å²) in [6.45, 7) is 4.19. The van der Waals surface area contributed by atoms with Crippen LogP contribution in [-0.4, -0.2) is 23.7 Å². The first-order valence-electron chi connectivity index (χ1n) is 5.82. The predicted molar refractivity (Wildman–Crippen MR) is 71.9 cm³/mol. The Morgan fingerprint density at radius 2 is 2.11 bits per heavy atom. The second-order valence-corrected chi connectivity index (χ2v) is 5.43. The fraction of sp³-hybridized carbons (Fsp3) is 0.462. The standard InChI is InChI=1S/C13H17BrFNO2/c1-8(2)12(17)3-4-16-13(18)9-5-10(14)7-11(15)6-9/h5-8,12,17H,3-4H2,1-2H3,(H,16,18). The number of aliphatic hydroxyl groups excluding tert-OH is 1. The van der Waals surface area contributed by atoms with Crippen molar-refractivity contribution in [2.75, 3.05) is 6.54 Å². The monoisotopic (exact) mass is 317 g/mol.